The number of para-hydroxylation sites is 1. The molecule has 4 nitrogen and oxygen atoms in total. The number of ether oxygens (including phenoxy) is 1. The highest BCUT2D eigenvalue weighted by Gasteiger charge is 2.22. The first-order chi connectivity index (χ1) is 11.0. The number of hydrogen-bond donors (Lipinski definition) is 2. The monoisotopic (exact) mass is 313 g/mol. The molecule has 0 saturated heterocycles. The number of methoxy groups -OCH3 is 1. The molecule has 0 fully saturated rings. The maximum Gasteiger partial charge on any atom is 0.282 e. The van der Waals surface area contributed by atoms with Crippen LogP contribution < -0.4 is 15.0 Å². The van der Waals surface area contributed by atoms with Crippen LogP contribution in [0.5, 0.6) is 5.75 Å². The molecule has 0 saturated carbocycles. The lowest BCUT2D eigenvalue weighted by molar-refractivity contribution is -0.907. The molecule has 0 aliphatic carbocycles. The van der Waals surface area contributed by atoms with Crippen LogP contribution in [-0.2, 0) is 11.3 Å². The predicted octanol–water partition coefficient (Wildman–Crippen LogP) is 2.05. The second-order valence-electron chi connectivity index (χ2n) is 5.90. The number of rotatable bonds is 6. The Morgan fingerprint density at radius 2 is 1.83 bits per heavy atom. The van der Waals surface area contributed by atoms with Crippen molar-refractivity contribution in [2.24, 2.45) is 0 Å². The van der Waals surface area contributed by atoms with Crippen molar-refractivity contribution in [1.29, 1.82) is 0 Å². The highest BCUT2D eigenvalue weighted by molar-refractivity contribution is 5.94. The van der Waals surface area contributed by atoms with Crippen LogP contribution in [0.1, 0.15) is 18.1 Å². The summed E-state index contributed by atoms with van der Waals surface area (Å²) in [5.74, 6) is 0.877. The number of carbonyl (C=O) groups is 1. The van der Waals surface area contributed by atoms with Crippen molar-refractivity contribution in [3.05, 3.63) is 59.7 Å². The Hall–Kier alpha value is -2.33. The van der Waals surface area contributed by atoms with Crippen molar-refractivity contribution in [2.75, 3.05) is 19.5 Å². The molecule has 4 heteroatoms. The maximum absolute atomic E-state index is 12.4. The van der Waals surface area contributed by atoms with Crippen molar-refractivity contribution in [3.63, 3.8) is 0 Å². The van der Waals surface area contributed by atoms with Crippen LogP contribution in [0.2, 0.25) is 0 Å². The molecular weight excluding hydrogens is 288 g/mol. The number of benzene rings is 2. The zero-order valence-corrected chi connectivity index (χ0v) is 14.2. The molecule has 2 aromatic carbocycles. The van der Waals surface area contributed by atoms with Crippen LogP contribution in [0, 0.1) is 6.92 Å². The summed E-state index contributed by atoms with van der Waals surface area (Å²) in [5, 5.41) is 3.02. The molecule has 2 atom stereocenters. The lowest BCUT2D eigenvalue weighted by Gasteiger charge is -2.21. The van der Waals surface area contributed by atoms with E-state index in [1.165, 1.54) is 5.56 Å². The van der Waals surface area contributed by atoms with E-state index in [2.05, 4.69) is 5.32 Å². The van der Waals surface area contributed by atoms with E-state index in [9.17, 15) is 4.79 Å². The third kappa shape index (κ3) is 4.57. The zero-order valence-electron chi connectivity index (χ0n) is 14.2. The molecule has 0 bridgehead atoms. The first-order valence-electron chi connectivity index (χ1n) is 7.83. The zero-order chi connectivity index (χ0) is 16.8. The Labute approximate surface area is 138 Å². The third-order valence-electron chi connectivity index (χ3n) is 4.18. The van der Waals surface area contributed by atoms with Crippen LogP contribution in [0.25, 0.3) is 0 Å². The van der Waals surface area contributed by atoms with Gasteiger partial charge < -0.3 is 15.0 Å². The first kappa shape index (κ1) is 17.0. The smallest absolute Gasteiger partial charge is 0.282 e. The third-order valence-corrected chi connectivity index (χ3v) is 4.18. The topological polar surface area (TPSA) is 42.8 Å². The summed E-state index contributed by atoms with van der Waals surface area (Å²) in [7, 11) is 3.69. The van der Waals surface area contributed by atoms with Gasteiger partial charge in [-0.05, 0) is 49.7 Å². The number of carbonyl (C=O) groups excluding carboxylic acids is 1. The molecule has 1 amide bonds. The molecule has 0 aliphatic heterocycles. The van der Waals surface area contributed by atoms with Crippen LogP contribution in [0.3, 0.4) is 0 Å². The van der Waals surface area contributed by atoms with Gasteiger partial charge in [-0.25, -0.2) is 0 Å². The van der Waals surface area contributed by atoms with Gasteiger partial charge in [0, 0.05) is 11.3 Å². The number of aryl methyl sites for hydroxylation is 1. The highest BCUT2D eigenvalue weighted by atomic mass is 16.5. The average Bonchev–Trinajstić information content (AvgIpc) is 2.56. The summed E-state index contributed by atoms with van der Waals surface area (Å²) < 4.78 is 5.17. The van der Waals surface area contributed by atoms with E-state index in [1.54, 1.807) is 7.11 Å². The molecular formula is C19H25N2O2+. The fourth-order valence-corrected chi connectivity index (χ4v) is 2.40. The number of amides is 1. The fourth-order valence-electron chi connectivity index (χ4n) is 2.40. The molecule has 1 unspecified atom stereocenters. The second kappa shape index (κ2) is 7.79. The van der Waals surface area contributed by atoms with E-state index in [4.69, 9.17) is 4.74 Å². The first-order valence-corrected chi connectivity index (χ1v) is 7.83. The minimum absolute atomic E-state index is 0.0327. The largest absolute Gasteiger partial charge is 0.497 e. The van der Waals surface area contributed by atoms with Crippen LogP contribution >= 0.6 is 0 Å². The van der Waals surface area contributed by atoms with Crippen molar-refractivity contribution in [1.82, 2.24) is 0 Å². The second-order valence-corrected chi connectivity index (χ2v) is 5.90. The fraction of sp³-hybridized carbons (Fsp3) is 0.316. The van der Waals surface area contributed by atoms with Crippen molar-refractivity contribution < 1.29 is 14.4 Å². The Morgan fingerprint density at radius 1 is 1.17 bits per heavy atom. The Kier molecular flexibility index (Phi) is 5.77. The molecule has 2 N–H and O–H groups in total. The number of quaternary nitrogens is 1. The van der Waals surface area contributed by atoms with Gasteiger partial charge in [0.05, 0.1) is 14.2 Å². The number of nitrogens with one attached hydrogen (secondary N) is 2. The summed E-state index contributed by atoms with van der Waals surface area (Å²) in [5.41, 5.74) is 3.13. The van der Waals surface area contributed by atoms with Crippen molar-refractivity contribution in [3.8, 4) is 5.75 Å². The SMILES string of the molecule is COc1ccc(C[NH+](C)[C@@H](C)C(=O)Nc2ccccc2C)cc1. The van der Waals surface area contributed by atoms with Gasteiger partial charge in [-0.1, -0.05) is 18.2 Å². The van der Waals surface area contributed by atoms with Gasteiger partial charge in [0.1, 0.15) is 12.3 Å². The lowest BCUT2D eigenvalue weighted by Crippen LogP contribution is -3.12. The summed E-state index contributed by atoms with van der Waals surface area (Å²) in [4.78, 5) is 13.6. The van der Waals surface area contributed by atoms with Gasteiger partial charge in [0.15, 0.2) is 6.04 Å². The molecule has 122 valence electrons. The minimum atomic E-state index is -0.142. The molecule has 0 heterocycles. The maximum atomic E-state index is 12.4. The average molecular weight is 313 g/mol. The Bertz CT molecular complexity index is 653. The van der Waals surface area contributed by atoms with Gasteiger partial charge in [0.25, 0.3) is 5.91 Å². The minimum Gasteiger partial charge on any atom is -0.497 e. The predicted molar refractivity (Wildman–Crippen MR) is 92.9 cm³/mol. The summed E-state index contributed by atoms with van der Waals surface area (Å²) >= 11 is 0. The molecule has 2 aromatic rings. The Morgan fingerprint density at radius 3 is 2.43 bits per heavy atom. The number of hydrogen-bond acceptors (Lipinski definition) is 2. The number of anilines is 1. The normalized spacial score (nSPS) is 13.2. The van der Waals surface area contributed by atoms with Gasteiger partial charge in [-0.15, -0.1) is 0 Å². The molecule has 0 radical (unpaired) electrons. The summed E-state index contributed by atoms with van der Waals surface area (Å²) in [6, 6.07) is 15.6. The van der Waals surface area contributed by atoms with E-state index in [0.717, 1.165) is 28.4 Å². The Balaban J connectivity index is 1.96. The quantitative estimate of drug-likeness (QED) is 0.857. The van der Waals surface area contributed by atoms with Crippen LogP contribution in [0.4, 0.5) is 5.69 Å². The summed E-state index contributed by atoms with van der Waals surface area (Å²) in [6.45, 7) is 4.73. The van der Waals surface area contributed by atoms with E-state index >= 15 is 0 Å². The highest BCUT2D eigenvalue weighted by Crippen LogP contribution is 2.13. The van der Waals surface area contributed by atoms with E-state index in [0.29, 0.717) is 0 Å². The van der Waals surface area contributed by atoms with Crippen molar-refractivity contribution >= 4 is 11.6 Å². The van der Waals surface area contributed by atoms with Crippen LogP contribution in [-0.4, -0.2) is 26.1 Å². The standard InChI is InChI=1S/C19H24N2O2/c1-14-7-5-6-8-18(14)20-19(22)15(2)21(3)13-16-9-11-17(23-4)12-10-16/h5-12,15H,13H2,1-4H3,(H,20,22)/p+1/t15-/m0/s1. The van der Waals surface area contributed by atoms with Gasteiger partial charge in [-0.2, -0.15) is 0 Å². The lowest BCUT2D eigenvalue weighted by atomic mass is 10.1. The number of likely N-dealkylation sites (N-methyl/N-ethyl adjacent to an activating group) is 1. The van der Waals surface area contributed by atoms with Gasteiger partial charge in [0.2, 0.25) is 0 Å². The van der Waals surface area contributed by atoms with E-state index in [1.807, 2.05) is 69.4 Å². The summed E-state index contributed by atoms with van der Waals surface area (Å²) in [6.07, 6.45) is 0. The molecule has 23 heavy (non-hydrogen) atoms. The molecule has 0 aliphatic rings. The van der Waals surface area contributed by atoms with E-state index in [-0.39, 0.29) is 11.9 Å². The van der Waals surface area contributed by atoms with Gasteiger partial charge >= 0.3 is 0 Å². The van der Waals surface area contributed by atoms with Crippen LogP contribution in [0.15, 0.2) is 48.5 Å². The molecule has 0 spiro atoms. The van der Waals surface area contributed by atoms with E-state index < -0.39 is 0 Å². The molecule has 0 aromatic heterocycles. The van der Waals surface area contributed by atoms with Crippen molar-refractivity contribution in [2.45, 2.75) is 26.4 Å². The molecule has 2 rings (SSSR count). The van der Waals surface area contributed by atoms with Gasteiger partial charge in [-0.3, -0.25) is 4.79 Å².